The Hall–Kier alpha value is -2.73. The van der Waals surface area contributed by atoms with E-state index in [0.29, 0.717) is 62.0 Å². The van der Waals surface area contributed by atoms with E-state index in [1.807, 2.05) is 42.2 Å². The third-order valence-electron chi connectivity index (χ3n) is 5.41. The van der Waals surface area contributed by atoms with Crippen molar-refractivity contribution < 1.29 is 19.1 Å². The first kappa shape index (κ1) is 22.9. The molecule has 1 aliphatic rings. The number of para-hydroxylation sites is 1. The standard InChI is InChI=1S/C24H29ClN2O4/c1-18-17-19(10-11-21(18)25)31-16-5-9-23(28)26-12-6-13-27(15-14-26)24(29)20-7-3-4-8-22(20)30-2/h3-4,7-8,10-11,17H,5-6,9,12-16H2,1-2H3. The van der Waals surface area contributed by atoms with Gasteiger partial charge in [-0.25, -0.2) is 0 Å². The van der Waals surface area contributed by atoms with E-state index < -0.39 is 0 Å². The number of rotatable bonds is 7. The largest absolute Gasteiger partial charge is 0.496 e. The third kappa shape index (κ3) is 6.14. The number of ether oxygens (including phenoxy) is 2. The smallest absolute Gasteiger partial charge is 0.257 e. The van der Waals surface area contributed by atoms with E-state index >= 15 is 0 Å². The van der Waals surface area contributed by atoms with Crippen LogP contribution < -0.4 is 9.47 Å². The van der Waals surface area contributed by atoms with Gasteiger partial charge in [-0.15, -0.1) is 0 Å². The average Bonchev–Trinajstić information content (AvgIpc) is 3.05. The van der Waals surface area contributed by atoms with Gasteiger partial charge in [0.1, 0.15) is 11.5 Å². The van der Waals surface area contributed by atoms with Crippen LogP contribution >= 0.6 is 11.6 Å². The van der Waals surface area contributed by atoms with Gasteiger partial charge in [0.25, 0.3) is 5.91 Å². The first-order valence-corrected chi connectivity index (χ1v) is 11.0. The number of carbonyl (C=O) groups excluding carboxylic acids is 2. The highest BCUT2D eigenvalue weighted by Gasteiger charge is 2.24. The van der Waals surface area contributed by atoms with Gasteiger partial charge in [-0.2, -0.15) is 0 Å². The lowest BCUT2D eigenvalue weighted by atomic mass is 10.1. The molecular formula is C24H29ClN2O4. The minimum atomic E-state index is -0.0570. The second kappa shape index (κ2) is 11.0. The molecule has 0 saturated carbocycles. The minimum Gasteiger partial charge on any atom is -0.496 e. The Bertz CT molecular complexity index is 918. The second-order valence-electron chi connectivity index (χ2n) is 7.59. The number of methoxy groups -OCH3 is 1. The number of hydrogen-bond donors (Lipinski definition) is 0. The lowest BCUT2D eigenvalue weighted by molar-refractivity contribution is -0.131. The van der Waals surface area contributed by atoms with Gasteiger partial charge in [0, 0.05) is 37.6 Å². The zero-order chi connectivity index (χ0) is 22.2. The molecule has 6 nitrogen and oxygen atoms in total. The summed E-state index contributed by atoms with van der Waals surface area (Å²) in [7, 11) is 1.56. The normalized spacial score (nSPS) is 14.2. The Morgan fingerprint density at radius 3 is 2.55 bits per heavy atom. The number of nitrogens with zero attached hydrogens (tertiary/aromatic N) is 2. The van der Waals surface area contributed by atoms with Gasteiger partial charge in [0.2, 0.25) is 5.91 Å². The molecule has 0 unspecified atom stereocenters. The number of hydrogen-bond acceptors (Lipinski definition) is 4. The maximum atomic E-state index is 12.9. The Kier molecular flexibility index (Phi) is 8.18. The lowest BCUT2D eigenvalue weighted by Gasteiger charge is -2.23. The number of amides is 2. The van der Waals surface area contributed by atoms with Crippen LogP contribution in [0, 0.1) is 6.92 Å². The van der Waals surface area contributed by atoms with Crippen molar-refractivity contribution in [1.29, 1.82) is 0 Å². The second-order valence-corrected chi connectivity index (χ2v) is 8.00. The maximum Gasteiger partial charge on any atom is 0.257 e. The van der Waals surface area contributed by atoms with Gasteiger partial charge in [0.15, 0.2) is 0 Å². The molecule has 7 heteroatoms. The van der Waals surface area contributed by atoms with Crippen molar-refractivity contribution in [3.05, 3.63) is 58.6 Å². The molecule has 0 spiro atoms. The van der Waals surface area contributed by atoms with Crippen LogP contribution in [0.15, 0.2) is 42.5 Å². The molecule has 2 aromatic rings. The van der Waals surface area contributed by atoms with Gasteiger partial charge in [-0.3, -0.25) is 9.59 Å². The minimum absolute atomic E-state index is 0.0570. The third-order valence-corrected chi connectivity index (χ3v) is 5.83. The van der Waals surface area contributed by atoms with E-state index in [-0.39, 0.29) is 11.8 Å². The molecular weight excluding hydrogens is 416 g/mol. The predicted molar refractivity (Wildman–Crippen MR) is 121 cm³/mol. The topological polar surface area (TPSA) is 59.1 Å². The SMILES string of the molecule is COc1ccccc1C(=O)N1CCCN(C(=O)CCCOc2ccc(Cl)c(C)c2)CC1. The zero-order valence-corrected chi connectivity index (χ0v) is 18.9. The zero-order valence-electron chi connectivity index (χ0n) is 18.1. The number of aryl methyl sites for hydroxylation is 1. The molecule has 0 aromatic heterocycles. The lowest BCUT2D eigenvalue weighted by Crippen LogP contribution is -2.37. The first-order chi connectivity index (χ1) is 15.0. The van der Waals surface area contributed by atoms with E-state index in [1.54, 1.807) is 24.1 Å². The summed E-state index contributed by atoms with van der Waals surface area (Å²) in [4.78, 5) is 29.2. The maximum absolute atomic E-state index is 12.9. The summed E-state index contributed by atoms with van der Waals surface area (Å²) in [6.45, 7) is 4.74. The number of carbonyl (C=O) groups is 2. The van der Waals surface area contributed by atoms with Gasteiger partial charge in [0.05, 0.1) is 19.3 Å². The summed E-state index contributed by atoms with van der Waals surface area (Å²) in [6.07, 6.45) is 1.82. The van der Waals surface area contributed by atoms with Crippen LogP contribution in [-0.2, 0) is 4.79 Å². The van der Waals surface area contributed by atoms with Crippen molar-refractivity contribution in [3.8, 4) is 11.5 Å². The van der Waals surface area contributed by atoms with Crippen molar-refractivity contribution >= 4 is 23.4 Å². The van der Waals surface area contributed by atoms with Crippen LogP contribution in [0.2, 0.25) is 5.02 Å². The monoisotopic (exact) mass is 444 g/mol. The van der Waals surface area contributed by atoms with Crippen LogP contribution in [-0.4, -0.2) is 61.5 Å². The molecule has 0 atom stereocenters. The summed E-state index contributed by atoms with van der Waals surface area (Å²) in [5, 5.41) is 0.710. The average molecular weight is 445 g/mol. The quantitative estimate of drug-likeness (QED) is 0.601. The van der Waals surface area contributed by atoms with Crippen molar-refractivity contribution in [2.45, 2.75) is 26.2 Å². The molecule has 3 rings (SSSR count). The van der Waals surface area contributed by atoms with Crippen LogP contribution in [0.25, 0.3) is 0 Å². The van der Waals surface area contributed by atoms with Crippen LogP contribution in [0.4, 0.5) is 0 Å². The highest BCUT2D eigenvalue weighted by molar-refractivity contribution is 6.31. The molecule has 166 valence electrons. The van der Waals surface area contributed by atoms with Gasteiger partial charge in [-0.1, -0.05) is 23.7 Å². The van der Waals surface area contributed by atoms with Crippen LogP contribution in [0.3, 0.4) is 0 Å². The fourth-order valence-corrected chi connectivity index (χ4v) is 3.76. The number of benzene rings is 2. The highest BCUT2D eigenvalue weighted by Crippen LogP contribution is 2.22. The fourth-order valence-electron chi connectivity index (χ4n) is 3.64. The first-order valence-electron chi connectivity index (χ1n) is 10.6. The van der Waals surface area contributed by atoms with Crippen molar-refractivity contribution in [2.75, 3.05) is 39.9 Å². The Morgan fingerprint density at radius 1 is 1.03 bits per heavy atom. The van der Waals surface area contributed by atoms with Gasteiger partial charge >= 0.3 is 0 Å². The Morgan fingerprint density at radius 2 is 1.77 bits per heavy atom. The summed E-state index contributed by atoms with van der Waals surface area (Å²) in [5.41, 5.74) is 1.52. The molecule has 1 heterocycles. The van der Waals surface area contributed by atoms with E-state index in [9.17, 15) is 9.59 Å². The summed E-state index contributed by atoms with van der Waals surface area (Å²) < 4.78 is 11.0. The molecule has 0 bridgehead atoms. The van der Waals surface area contributed by atoms with E-state index in [4.69, 9.17) is 21.1 Å². The Labute approximate surface area is 188 Å². The van der Waals surface area contributed by atoms with E-state index in [0.717, 1.165) is 17.7 Å². The van der Waals surface area contributed by atoms with Crippen LogP contribution in [0.5, 0.6) is 11.5 Å². The van der Waals surface area contributed by atoms with E-state index in [2.05, 4.69) is 0 Å². The number of halogens is 1. The molecule has 2 amide bonds. The van der Waals surface area contributed by atoms with Crippen molar-refractivity contribution in [1.82, 2.24) is 9.80 Å². The van der Waals surface area contributed by atoms with Crippen molar-refractivity contribution in [3.63, 3.8) is 0 Å². The predicted octanol–water partition coefficient (Wildman–Crippen LogP) is 4.19. The molecule has 2 aromatic carbocycles. The summed E-state index contributed by atoms with van der Waals surface area (Å²) in [5.74, 6) is 1.37. The molecule has 1 fully saturated rings. The molecule has 0 aliphatic carbocycles. The molecule has 0 radical (unpaired) electrons. The highest BCUT2D eigenvalue weighted by atomic mass is 35.5. The molecule has 1 saturated heterocycles. The fraction of sp³-hybridized carbons (Fsp3) is 0.417. The summed E-state index contributed by atoms with van der Waals surface area (Å²) in [6, 6.07) is 12.8. The van der Waals surface area contributed by atoms with Crippen molar-refractivity contribution in [2.24, 2.45) is 0 Å². The van der Waals surface area contributed by atoms with Gasteiger partial charge in [-0.05, 0) is 55.7 Å². The Balaban J connectivity index is 1.46. The van der Waals surface area contributed by atoms with Crippen LogP contribution in [0.1, 0.15) is 35.2 Å². The van der Waals surface area contributed by atoms with E-state index in [1.165, 1.54) is 0 Å². The summed E-state index contributed by atoms with van der Waals surface area (Å²) >= 11 is 6.03. The molecule has 0 N–H and O–H groups in total. The van der Waals surface area contributed by atoms with Gasteiger partial charge < -0.3 is 19.3 Å². The molecule has 31 heavy (non-hydrogen) atoms. The molecule has 1 aliphatic heterocycles.